The van der Waals surface area contributed by atoms with Crippen LogP contribution in [0.15, 0.2) is 0 Å². The number of carboxylic acids is 1. The third-order valence-corrected chi connectivity index (χ3v) is 3.10. The highest BCUT2D eigenvalue weighted by molar-refractivity contribution is 5.68. The van der Waals surface area contributed by atoms with Crippen LogP contribution in [0.5, 0.6) is 0 Å². The van der Waals surface area contributed by atoms with Gasteiger partial charge in [-0.3, -0.25) is 4.79 Å². The third kappa shape index (κ3) is 2.99. The second kappa shape index (κ2) is 3.29. The van der Waals surface area contributed by atoms with E-state index in [1.165, 1.54) is 0 Å². The van der Waals surface area contributed by atoms with E-state index in [4.69, 9.17) is 10.8 Å². The standard InChI is InChI=1S/C10H19NO2/c1-9(2)3-5-10(11,6-4-9)7-8(12)13/h3-7,11H2,1-2H3,(H,12,13). The minimum Gasteiger partial charge on any atom is -0.481 e. The second-order valence-corrected chi connectivity index (χ2v) is 5.10. The number of carbonyl (C=O) groups is 1. The maximum absolute atomic E-state index is 10.6. The molecule has 1 saturated carbocycles. The highest BCUT2D eigenvalue weighted by Crippen LogP contribution is 2.40. The Morgan fingerprint density at radius 1 is 1.31 bits per heavy atom. The fourth-order valence-electron chi connectivity index (χ4n) is 1.90. The lowest BCUT2D eigenvalue weighted by Gasteiger charge is -2.40. The van der Waals surface area contributed by atoms with E-state index >= 15 is 0 Å². The summed E-state index contributed by atoms with van der Waals surface area (Å²) in [5.41, 5.74) is 5.91. The normalized spacial score (nSPS) is 25.5. The highest BCUT2D eigenvalue weighted by Gasteiger charge is 2.36. The average Bonchev–Trinajstić information content (AvgIpc) is 1.95. The van der Waals surface area contributed by atoms with E-state index in [2.05, 4.69) is 13.8 Å². The van der Waals surface area contributed by atoms with Gasteiger partial charge in [0.1, 0.15) is 0 Å². The first-order chi connectivity index (χ1) is 5.83. The first-order valence-electron chi connectivity index (χ1n) is 4.84. The minimum absolute atomic E-state index is 0.114. The molecule has 0 aliphatic heterocycles. The molecule has 0 heterocycles. The summed E-state index contributed by atoms with van der Waals surface area (Å²) >= 11 is 0. The number of hydrogen-bond acceptors (Lipinski definition) is 2. The molecule has 1 aliphatic carbocycles. The summed E-state index contributed by atoms with van der Waals surface area (Å²) in [6.45, 7) is 4.43. The summed E-state index contributed by atoms with van der Waals surface area (Å²) in [6, 6.07) is 0. The number of nitrogens with two attached hydrogens (primary N) is 1. The van der Waals surface area contributed by atoms with Crippen molar-refractivity contribution in [2.24, 2.45) is 11.1 Å². The molecule has 0 aromatic rings. The van der Waals surface area contributed by atoms with Gasteiger partial charge in [-0.25, -0.2) is 0 Å². The van der Waals surface area contributed by atoms with E-state index in [-0.39, 0.29) is 6.42 Å². The van der Waals surface area contributed by atoms with Gasteiger partial charge in [0.15, 0.2) is 0 Å². The van der Waals surface area contributed by atoms with Crippen molar-refractivity contribution in [1.29, 1.82) is 0 Å². The van der Waals surface area contributed by atoms with Gasteiger partial charge in [0.25, 0.3) is 0 Å². The van der Waals surface area contributed by atoms with Crippen LogP contribution >= 0.6 is 0 Å². The highest BCUT2D eigenvalue weighted by atomic mass is 16.4. The molecule has 0 aromatic carbocycles. The van der Waals surface area contributed by atoms with E-state index in [9.17, 15) is 4.79 Å². The van der Waals surface area contributed by atoms with Gasteiger partial charge < -0.3 is 10.8 Å². The third-order valence-electron chi connectivity index (χ3n) is 3.10. The molecule has 0 saturated heterocycles. The van der Waals surface area contributed by atoms with E-state index in [1.54, 1.807) is 0 Å². The summed E-state index contributed by atoms with van der Waals surface area (Å²) < 4.78 is 0. The second-order valence-electron chi connectivity index (χ2n) is 5.10. The van der Waals surface area contributed by atoms with Crippen molar-refractivity contribution >= 4 is 5.97 Å². The van der Waals surface area contributed by atoms with Crippen molar-refractivity contribution in [3.63, 3.8) is 0 Å². The molecule has 0 amide bonds. The van der Waals surface area contributed by atoms with Crippen LogP contribution in [0.3, 0.4) is 0 Å². The lowest BCUT2D eigenvalue weighted by molar-refractivity contribution is -0.138. The largest absolute Gasteiger partial charge is 0.481 e. The van der Waals surface area contributed by atoms with Gasteiger partial charge in [0, 0.05) is 5.54 Å². The molecule has 1 fully saturated rings. The monoisotopic (exact) mass is 185 g/mol. The van der Waals surface area contributed by atoms with Crippen molar-refractivity contribution in [1.82, 2.24) is 0 Å². The summed E-state index contributed by atoms with van der Waals surface area (Å²) in [4.78, 5) is 10.6. The molecule has 13 heavy (non-hydrogen) atoms. The van der Waals surface area contributed by atoms with Gasteiger partial charge in [0.05, 0.1) is 6.42 Å². The zero-order chi connectivity index (χ0) is 10.1. The molecule has 3 N–H and O–H groups in total. The molecule has 0 aromatic heterocycles. The summed E-state index contributed by atoms with van der Waals surface area (Å²) in [5.74, 6) is -0.776. The summed E-state index contributed by atoms with van der Waals surface area (Å²) in [7, 11) is 0. The molecule has 76 valence electrons. The predicted octanol–water partition coefficient (Wildman–Crippen LogP) is 1.76. The molecule has 3 nitrogen and oxygen atoms in total. The van der Waals surface area contributed by atoms with Gasteiger partial charge in [-0.2, -0.15) is 0 Å². The van der Waals surface area contributed by atoms with Crippen molar-refractivity contribution in [2.75, 3.05) is 0 Å². The fraction of sp³-hybridized carbons (Fsp3) is 0.900. The Balaban J connectivity index is 2.51. The molecule has 1 aliphatic rings. The first-order valence-corrected chi connectivity index (χ1v) is 4.84. The molecule has 0 radical (unpaired) electrons. The molecular weight excluding hydrogens is 166 g/mol. The molecule has 0 atom stereocenters. The van der Waals surface area contributed by atoms with Gasteiger partial charge in [-0.05, 0) is 31.1 Å². The average molecular weight is 185 g/mol. The van der Waals surface area contributed by atoms with Crippen LogP contribution in [-0.4, -0.2) is 16.6 Å². The van der Waals surface area contributed by atoms with Crippen LogP contribution in [0.1, 0.15) is 46.0 Å². The Kier molecular flexibility index (Phi) is 2.66. The van der Waals surface area contributed by atoms with Gasteiger partial charge in [-0.15, -0.1) is 0 Å². The fourth-order valence-corrected chi connectivity index (χ4v) is 1.90. The van der Waals surface area contributed by atoms with E-state index in [1.807, 2.05) is 0 Å². The number of carboxylic acid groups (broad SMARTS) is 1. The van der Waals surface area contributed by atoms with Crippen LogP contribution < -0.4 is 5.73 Å². The van der Waals surface area contributed by atoms with Crippen LogP contribution in [0.4, 0.5) is 0 Å². The van der Waals surface area contributed by atoms with Gasteiger partial charge in [-0.1, -0.05) is 13.8 Å². The quantitative estimate of drug-likeness (QED) is 0.689. The zero-order valence-electron chi connectivity index (χ0n) is 8.47. The minimum atomic E-state index is -0.776. The van der Waals surface area contributed by atoms with Crippen molar-refractivity contribution in [2.45, 2.75) is 51.5 Å². The first kappa shape index (κ1) is 10.5. The van der Waals surface area contributed by atoms with Crippen LogP contribution in [0.25, 0.3) is 0 Å². The zero-order valence-corrected chi connectivity index (χ0v) is 8.47. The molecule has 0 spiro atoms. The summed E-state index contributed by atoms with van der Waals surface area (Å²) in [5, 5.41) is 8.68. The van der Waals surface area contributed by atoms with E-state index < -0.39 is 11.5 Å². The maximum atomic E-state index is 10.6. The maximum Gasteiger partial charge on any atom is 0.305 e. The van der Waals surface area contributed by atoms with Crippen molar-refractivity contribution in [3.8, 4) is 0 Å². The van der Waals surface area contributed by atoms with Crippen molar-refractivity contribution < 1.29 is 9.90 Å². The molecular formula is C10H19NO2. The number of rotatable bonds is 2. The van der Waals surface area contributed by atoms with Gasteiger partial charge >= 0.3 is 5.97 Å². The Morgan fingerprint density at radius 2 is 1.77 bits per heavy atom. The topological polar surface area (TPSA) is 63.3 Å². The Hall–Kier alpha value is -0.570. The molecule has 1 rings (SSSR count). The smallest absolute Gasteiger partial charge is 0.305 e. The molecule has 0 unspecified atom stereocenters. The van der Waals surface area contributed by atoms with Crippen LogP contribution in [0, 0.1) is 5.41 Å². The SMILES string of the molecule is CC1(C)CCC(N)(CC(=O)O)CC1. The van der Waals surface area contributed by atoms with Gasteiger partial charge in [0.2, 0.25) is 0 Å². The van der Waals surface area contributed by atoms with Crippen LogP contribution in [0.2, 0.25) is 0 Å². The van der Waals surface area contributed by atoms with E-state index in [0.717, 1.165) is 25.7 Å². The lowest BCUT2D eigenvalue weighted by Crippen LogP contribution is -2.46. The number of hydrogen-bond donors (Lipinski definition) is 2. The number of aliphatic carboxylic acids is 1. The summed E-state index contributed by atoms with van der Waals surface area (Å²) in [6.07, 6.45) is 3.87. The molecule has 0 bridgehead atoms. The predicted molar refractivity (Wildman–Crippen MR) is 51.4 cm³/mol. The van der Waals surface area contributed by atoms with Crippen molar-refractivity contribution in [3.05, 3.63) is 0 Å². The van der Waals surface area contributed by atoms with Crippen LogP contribution in [-0.2, 0) is 4.79 Å². The lowest BCUT2D eigenvalue weighted by atomic mass is 9.69. The Bertz CT molecular complexity index is 201. The Labute approximate surface area is 79.3 Å². The molecule has 3 heteroatoms. The Morgan fingerprint density at radius 3 is 2.15 bits per heavy atom. The van der Waals surface area contributed by atoms with E-state index in [0.29, 0.717) is 5.41 Å².